The second-order valence-corrected chi connectivity index (χ2v) is 6.84. The number of aromatic hydroxyl groups is 1. The average Bonchev–Trinajstić information content (AvgIpc) is 2.76. The van der Waals surface area contributed by atoms with E-state index in [2.05, 4.69) is 15.8 Å². The third kappa shape index (κ3) is 5.70. The van der Waals surface area contributed by atoms with Crippen molar-refractivity contribution in [3.63, 3.8) is 0 Å². The number of hydrogen-bond donors (Lipinski definition) is 3. The number of carbonyl (C=O) groups is 2. The van der Waals surface area contributed by atoms with Crippen LogP contribution in [0.15, 0.2) is 71.8 Å². The Kier molecular flexibility index (Phi) is 7.01. The van der Waals surface area contributed by atoms with E-state index in [9.17, 15) is 14.7 Å². The molecule has 0 saturated heterocycles. The van der Waals surface area contributed by atoms with E-state index >= 15 is 0 Å². The molecule has 3 aromatic carbocycles. The van der Waals surface area contributed by atoms with Crippen LogP contribution in [0.2, 0.25) is 0 Å². The molecule has 3 rings (SSSR count). The quantitative estimate of drug-likeness (QED) is 0.402. The summed E-state index contributed by atoms with van der Waals surface area (Å²) in [6.07, 6.45) is 1.34. The largest absolute Gasteiger partial charge is 0.507 e. The van der Waals surface area contributed by atoms with Crippen LogP contribution in [0, 0.1) is 13.8 Å². The van der Waals surface area contributed by atoms with Crippen molar-refractivity contribution in [1.82, 2.24) is 5.43 Å². The van der Waals surface area contributed by atoms with Gasteiger partial charge in [-0.15, -0.1) is 0 Å². The van der Waals surface area contributed by atoms with Gasteiger partial charge < -0.3 is 15.2 Å². The van der Waals surface area contributed by atoms with Crippen LogP contribution in [0.1, 0.15) is 27.0 Å². The number of nitrogens with one attached hydrogen (secondary N) is 2. The van der Waals surface area contributed by atoms with Gasteiger partial charge in [0.1, 0.15) is 11.5 Å². The Labute approximate surface area is 180 Å². The van der Waals surface area contributed by atoms with Crippen molar-refractivity contribution in [2.45, 2.75) is 13.8 Å². The lowest BCUT2D eigenvalue weighted by molar-refractivity contribution is -0.118. The van der Waals surface area contributed by atoms with Crippen molar-refractivity contribution in [3.8, 4) is 11.5 Å². The number of phenols is 1. The minimum Gasteiger partial charge on any atom is -0.507 e. The van der Waals surface area contributed by atoms with Gasteiger partial charge >= 0.3 is 0 Å². The van der Waals surface area contributed by atoms with Crippen LogP contribution in [0.5, 0.6) is 11.5 Å². The minimum absolute atomic E-state index is 0.0528. The van der Waals surface area contributed by atoms with E-state index in [0.717, 1.165) is 11.1 Å². The Morgan fingerprint density at radius 1 is 1.00 bits per heavy atom. The van der Waals surface area contributed by atoms with Crippen molar-refractivity contribution in [3.05, 3.63) is 89.0 Å². The molecule has 158 valence electrons. The third-order valence-electron chi connectivity index (χ3n) is 4.67. The number of nitrogens with zero attached hydrogens (tertiary/aromatic N) is 1. The van der Waals surface area contributed by atoms with E-state index in [1.165, 1.54) is 12.3 Å². The molecule has 0 aliphatic rings. The van der Waals surface area contributed by atoms with E-state index in [1.54, 1.807) is 48.5 Å². The summed E-state index contributed by atoms with van der Waals surface area (Å²) in [7, 11) is 0. The van der Waals surface area contributed by atoms with Gasteiger partial charge in [-0.1, -0.05) is 36.4 Å². The predicted molar refractivity (Wildman–Crippen MR) is 120 cm³/mol. The fourth-order valence-electron chi connectivity index (χ4n) is 2.82. The van der Waals surface area contributed by atoms with Crippen molar-refractivity contribution in [1.29, 1.82) is 0 Å². The molecule has 7 nitrogen and oxygen atoms in total. The molecule has 0 saturated carbocycles. The van der Waals surface area contributed by atoms with Crippen LogP contribution in [0.3, 0.4) is 0 Å². The van der Waals surface area contributed by atoms with Crippen molar-refractivity contribution in [2.75, 3.05) is 11.9 Å². The fraction of sp³-hybridized carbons (Fsp3) is 0.125. The highest BCUT2D eigenvalue weighted by molar-refractivity contribution is 6.04. The van der Waals surface area contributed by atoms with Gasteiger partial charge in [-0.05, 0) is 55.3 Å². The summed E-state index contributed by atoms with van der Waals surface area (Å²) in [5.41, 5.74) is 5.49. The van der Waals surface area contributed by atoms with Crippen LogP contribution in [0.4, 0.5) is 5.69 Å². The highest BCUT2D eigenvalue weighted by atomic mass is 16.5. The number of ether oxygens (including phenoxy) is 1. The summed E-state index contributed by atoms with van der Waals surface area (Å²) in [6.45, 7) is 3.71. The molecule has 0 aliphatic carbocycles. The maximum Gasteiger partial charge on any atom is 0.273 e. The zero-order chi connectivity index (χ0) is 22.2. The molecule has 0 unspecified atom stereocenters. The maximum atomic E-state index is 12.5. The zero-order valence-electron chi connectivity index (χ0n) is 17.3. The highest BCUT2D eigenvalue weighted by Crippen LogP contribution is 2.21. The summed E-state index contributed by atoms with van der Waals surface area (Å²) in [6, 6.07) is 18.9. The van der Waals surface area contributed by atoms with Gasteiger partial charge in [0.15, 0.2) is 6.61 Å². The summed E-state index contributed by atoms with van der Waals surface area (Å²) < 4.78 is 5.62. The summed E-state index contributed by atoms with van der Waals surface area (Å²) in [5.74, 6) is -0.200. The van der Waals surface area contributed by atoms with Gasteiger partial charge in [-0.3, -0.25) is 9.59 Å². The number of phenolic OH excluding ortho intramolecular Hbond substituents is 1. The molecule has 0 heterocycles. The maximum absolute atomic E-state index is 12.5. The van der Waals surface area contributed by atoms with Crippen LogP contribution < -0.4 is 15.5 Å². The lowest BCUT2D eigenvalue weighted by Gasteiger charge is -2.12. The number of amides is 2. The third-order valence-corrected chi connectivity index (χ3v) is 4.67. The first kappa shape index (κ1) is 21.6. The molecule has 31 heavy (non-hydrogen) atoms. The Hall–Kier alpha value is -4.13. The number of benzene rings is 3. The van der Waals surface area contributed by atoms with Gasteiger partial charge in [0, 0.05) is 5.56 Å². The van der Waals surface area contributed by atoms with E-state index in [0.29, 0.717) is 17.0 Å². The predicted octanol–water partition coefficient (Wildman–Crippen LogP) is 3.79. The number of anilines is 1. The van der Waals surface area contributed by atoms with Crippen molar-refractivity contribution in [2.24, 2.45) is 5.10 Å². The van der Waals surface area contributed by atoms with Crippen LogP contribution in [-0.4, -0.2) is 29.7 Å². The minimum atomic E-state index is -0.502. The molecule has 3 N–H and O–H groups in total. The second-order valence-electron chi connectivity index (χ2n) is 6.84. The van der Waals surface area contributed by atoms with E-state index in [4.69, 9.17) is 4.74 Å². The first-order chi connectivity index (χ1) is 15.0. The van der Waals surface area contributed by atoms with Crippen LogP contribution >= 0.6 is 0 Å². The molecular weight excluding hydrogens is 394 g/mol. The molecule has 0 atom stereocenters. The fourth-order valence-corrected chi connectivity index (χ4v) is 2.82. The number of rotatable bonds is 7. The Balaban J connectivity index is 1.62. The summed E-state index contributed by atoms with van der Waals surface area (Å²) >= 11 is 0. The van der Waals surface area contributed by atoms with Crippen LogP contribution in [0.25, 0.3) is 0 Å². The molecule has 0 fully saturated rings. The Morgan fingerprint density at radius 2 is 1.74 bits per heavy atom. The number of para-hydroxylation sites is 2. The molecule has 3 aromatic rings. The monoisotopic (exact) mass is 417 g/mol. The molecule has 2 amide bonds. The standard InChI is InChI=1S/C24H23N3O4/c1-16-8-7-13-22(17(16)2)31-15-23(29)26-20-11-5-4-10-19(20)24(30)27-25-14-18-9-3-6-12-21(18)28/h3-14,28H,15H2,1-2H3,(H,26,29)(H,27,30). The second kappa shape index (κ2) is 10.1. The van der Waals surface area contributed by atoms with Crippen LogP contribution in [-0.2, 0) is 4.79 Å². The number of hydrogen-bond acceptors (Lipinski definition) is 5. The highest BCUT2D eigenvalue weighted by Gasteiger charge is 2.13. The first-order valence-electron chi connectivity index (χ1n) is 9.65. The average molecular weight is 417 g/mol. The zero-order valence-corrected chi connectivity index (χ0v) is 17.3. The molecule has 0 aromatic heterocycles. The lowest BCUT2D eigenvalue weighted by atomic mass is 10.1. The number of hydrazone groups is 1. The lowest BCUT2D eigenvalue weighted by Crippen LogP contribution is -2.24. The van der Waals surface area contributed by atoms with Gasteiger partial charge in [0.25, 0.3) is 11.8 Å². The molecule has 0 spiro atoms. The SMILES string of the molecule is Cc1cccc(OCC(=O)Nc2ccccc2C(=O)NN=Cc2ccccc2O)c1C. The van der Waals surface area contributed by atoms with Crippen molar-refractivity contribution >= 4 is 23.7 Å². The first-order valence-corrected chi connectivity index (χ1v) is 9.65. The topological polar surface area (TPSA) is 100 Å². The van der Waals surface area contributed by atoms with E-state index < -0.39 is 5.91 Å². The van der Waals surface area contributed by atoms with E-state index in [-0.39, 0.29) is 23.8 Å². The van der Waals surface area contributed by atoms with Gasteiger partial charge in [-0.2, -0.15) is 5.10 Å². The number of carbonyl (C=O) groups excluding carboxylic acids is 2. The van der Waals surface area contributed by atoms with Gasteiger partial charge in [0.2, 0.25) is 0 Å². The molecule has 0 radical (unpaired) electrons. The van der Waals surface area contributed by atoms with Crippen molar-refractivity contribution < 1.29 is 19.4 Å². The Morgan fingerprint density at radius 3 is 2.55 bits per heavy atom. The Bertz CT molecular complexity index is 1130. The normalized spacial score (nSPS) is 10.6. The summed E-state index contributed by atoms with van der Waals surface area (Å²) in [4.78, 5) is 24.9. The van der Waals surface area contributed by atoms with Gasteiger partial charge in [0.05, 0.1) is 17.5 Å². The smallest absolute Gasteiger partial charge is 0.273 e. The molecule has 0 aliphatic heterocycles. The molecule has 0 bridgehead atoms. The molecular formula is C24H23N3O4. The molecule has 7 heteroatoms. The van der Waals surface area contributed by atoms with Gasteiger partial charge in [-0.25, -0.2) is 5.43 Å². The number of aryl methyl sites for hydroxylation is 1. The summed E-state index contributed by atoms with van der Waals surface area (Å²) in [5, 5.41) is 16.3. The van der Waals surface area contributed by atoms with E-state index in [1.807, 2.05) is 26.0 Å².